The fraction of sp³-hybridized carbons (Fsp3) is 0.750. The van der Waals surface area contributed by atoms with Gasteiger partial charge in [-0.3, -0.25) is 0 Å². The molecule has 0 aliphatic heterocycles. The Balaban J connectivity index is 2.44. The van der Waals surface area contributed by atoms with Crippen molar-refractivity contribution in [1.82, 2.24) is 15.0 Å². The van der Waals surface area contributed by atoms with Gasteiger partial charge in [0.15, 0.2) is 0 Å². The number of hydrogen-bond acceptors (Lipinski definition) is 3. The molecule has 1 rings (SSSR count). The standard InChI is InChI=1S/C8H15N3O/c1-7-5-11(10-9-7)6-12-8(2,3)4/h5H,6H2,1-4H3. The first-order valence-electron chi connectivity index (χ1n) is 3.98. The summed E-state index contributed by atoms with van der Waals surface area (Å²) in [5, 5.41) is 7.71. The highest BCUT2D eigenvalue weighted by molar-refractivity contribution is 4.85. The molecule has 1 aromatic rings. The molecule has 0 atom stereocenters. The molecule has 0 aliphatic carbocycles. The van der Waals surface area contributed by atoms with Gasteiger partial charge in [-0.15, -0.1) is 5.10 Å². The van der Waals surface area contributed by atoms with E-state index in [2.05, 4.69) is 10.3 Å². The largest absolute Gasteiger partial charge is 0.354 e. The second kappa shape index (κ2) is 3.23. The molecule has 0 aromatic carbocycles. The first-order valence-corrected chi connectivity index (χ1v) is 3.98. The van der Waals surface area contributed by atoms with Crippen LogP contribution >= 0.6 is 0 Å². The van der Waals surface area contributed by atoms with E-state index in [4.69, 9.17) is 4.74 Å². The topological polar surface area (TPSA) is 39.9 Å². The predicted molar refractivity (Wildman–Crippen MR) is 45.6 cm³/mol. The molecule has 1 aromatic heterocycles. The molecule has 0 saturated carbocycles. The van der Waals surface area contributed by atoms with Crippen molar-refractivity contribution >= 4 is 0 Å². The van der Waals surface area contributed by atoms with Gasteiger partial charge in [0.2, 0.25) is 0 Å². The molecule has 1 heterocycles. The summed E-state index contributed by atoms with van der Waals surface area (Å²) in [6, 6.07) is 0. The van der Waals surface area contributed by atoms with E-state index >= 15 is 0 Å². The highest BCUT2D eigenvalue weighted by atomic mass is 16.5. The molecule has 0 bridgehead atoms. The first kappa shape index (κ1) is 9.19. The highest BCUT2D eigenvalue weighted by Gasteiger charge is 2.09. The Morgan fingerprint density at radius 2 is 2.17 bits per heavy atom. The molecule has 0 unspecified atom stereocenters. The zero-order valence-corrected chi connectivity index (χ0v) is 8.03. The summed E-state index contributed by atoms with van der Waals surface area (Å²) < 4.78 is 7.17. The van der Waals surface area contributed by atoms with Gasteiger partial charge in [0.1, 0.15) is 6.73 Å². The fourth-order valence-electron chi connectivity index (χ4n) is 0.718. The monoisotopic (exact) mass is 169 g/mol. The third-order valence-corrected chi connectivity index (χ3v) is 1.28. The van der Waals surface area contributed by atoms with E-state index in [1.54, 1.807) is 4.68 Å². The zero-order chi connectivity index (χ0) is 9.19. The third-order valence-electron chi connectivity index (χ3n) is 1.28. The van der Waals surface area contributed by atoms with Crippen LogP contribution in [-0.4, -0.2) is 20.6 Å². The Morgan fingerprint density at radius 3 is 2.58 bits per heavy atom. The molecule has 0 amide bonds. The van der Waals surface area contributed by atoms with Crippen LogP contribution in [0.15, 0.2) is 6.20 Å². The molecule has 0 aliphatic rings. The van der Waals surface area contributed by atoms with Crippen molar-refractivity contribution in [2.75, 3.05) is 0 Å². The van der Waals surface area contributed by atoms with Crippen molar-refractivity contribution in [2.24, 2.45) is 0 Å². The highest BCUT2D eigenvalue weighted by Crippen LogP contribution is 2.07. The van der Waals surface area contributed by atoms with Crippen LogP contribution < -0.4 is 0 Å². The molecular formula is C8H15N3O. The summed E-state index contributed by atoms with van der Waals surface area (Å²) in [5.41, 5.74) is 0.785. The first-order chi connectivity index (χ1) is 5.47. The van der Waals surface area contributed by atoms with Crippen LogP contribution in [0.5, 0.6) is 0 Å². The van der Waals surface area contributed by atoms with Crippen molar-refractivity contribution in [1.29, 1.82) is 0 Å². The van der Waals surface area contributed by atoms with Crippen molar-refractivity contribution in [3.63, 3.8) is 0 Å². The number of ether oxygens (including phenoxy) is 1. The van der Waals surface area contributed by atoms with Crippen LogP contribution in [0.3, 0.4) is 0 Å². The summed E-state index contributed by atoms with van der Waals surface area (Å²) >= 11 is 0. The van der Waals surface area contributed by atoms with E-state index in [9.17, 15) is 0 Å². The average molecular weight is 169 g/mol. The number of rotatable bonds is 2. The van der Waals surface area contributed by atoms with Crippen molar-refractivity contribution in [2.45, 2.75) is 40.0 Å². The number of nitrogens with zero attached hydrogens (tertiary/aromatic N) is 3. The number of aromatic nitrogens is 3. The normalized spacial score (nSPS) is 12.0. The quantitative estimate of drug-likeness (QED) is 0.671. The lowest BCUT2D eigenvalue weighted by Gasteiger charge is -2.18. The minimum absolute atomic E-state index is 0.125. The van der Waals surface area contributed by atoms with Crippen molar-refractivity contribution in [3.05, 3.63) is 11.9 Å². The molecule has 0 spiro atoms. The maximum absolute atomic E-state index is 5.49. The van der Waals surface area contributed by atoms with E-state index in [0.717, 1.165) is 5.69 Å². The molecule has 4 nitrogen and oxygen atoms in total. The summed E-state index contributed by atoms with van der Waals surface area (Å²) in [7, 11) is 0. The van der Waals surface area contributed by atoms with E-state index in [1.165, 1.54) is 0 Å². The second-order valence-corrected chi connectivity index (χ2v) is 3.79. The average Bonchev–Trinajstić information content (AvgIpc) is 2.30. The fourth-order valence-corrected chi connectivity index (χ4v) is 0.718. The van der Waals surface area contributed by atoms with Crippen LogP contribution in [-0.2, 0) is 11.5 Å². The summed E-state index contributed by atoms with van der Waals surface area (Å²) in [4.78, 5) is 0. The number of hydrogen-bond donors (Lipinski definition) is 0. The molecular weight excluding hydrogens is 154 g/mol. The van der Waals surface area contributed by atoms with Crippen LogP contribution in [0.2, 0.25) is 0 Å². The Bertz CT molecular complexity index is 249. The molecule has 0 N–H and O–H groups in total. The van der Waals surface area contributed by atoms with Gasteiger partial charge in [-0.25, -0.2) is 4.68 Å². The molecule has 4 heteroatoms. The lowest BCUT2D eigenvalue weighted by atomic mass is 10.2. The lowest BCUT2D eigenvalue weighted by Crippen LogP contribution is -2.21. The van der Waals surface area contributed by atoms with Gasteiger partial charge in [-0.05, 0) is 27.7 Å². The van der Waals surface area contributed by atoms with E-state index in [-0.39, 0.29) is 5.60 Å². The Morgan fingerprint density at radius 1 is 1.50 bits per heavy atom. The molecule has 68 valence electrons. The minimum atomic E-state index is -0.125. The molecule has 12 heavy (non-hydrogen) atoms. The maximum atomic E-state index is 5.49. The van der Waals surface area contributed by atoms with Crippen LogP contribution in [0.4, 0.5) is 0 Å². The Labute approximate surface area is 72.5 Å². The van der Waals surface area contributed by atoms with Crippen LogP contribution in [0.1, 0.15) is 26.5 Å². The predicted octanol–water partition coefficient (Wildman–Crippen LogP) is 1.36. The van der Waals surface area contributed by atoms with Crippen LogP contribution in [0.25, 0.3) is 0 Å². The molecule has 0 saturated heterocycles. The third kappa shape index (κ3) is 3.00. The van der Waals surface area contributed by atoms with Crippen molar-refractivity contribution in [3.8, 4) is 0 Å². The van der Waals surface area contributed by atoms with Gasteiger partial charge in [-0.2, -0.15) is 0 Å². The van der Waals surface area contributed by atoms with Gasteiger partial charge in [0, 0.05) is 0 Å². The second-order valence-electron chi connectivity index (χ2n) is 3.79. The van der Waals surface area contributed by atoms with E-state index < -0.39 is 0 Å². The summed E-state index contributed by atoms with van der Waals surface area (Å²) in [6.07, 6.45) is 1.85. The van der Waals surface area contributed by atoms with Crippen LogP contribution in [0, 0.1) is 6.92 Å². The van der Waals surface area contributed by atoms with Gasteiger partial charge in [-0.1, -0.05) is 5.21 Å². The Hall–Kier alpha value is -0.900. The minimum Gasteiger partial charge on any atom is -0.354 e. The van der Waals surface area contributed by atoms with Gasteiger partial charge in [0.25, 0.3) is 0 Å². The lowest BCUT2D eigenvalue weighted by molar-refractivity contribution is -0.0485. The Kier molecular flexibility index (Phi) is 2.47. The van der Waals surface area contributed by atoms with E-state index in [1.807, 2.05) is 33.9 Å². The van der Waals surface area contributed by atoms with E-state index in [0.29, 0.717) is 6.73 Å². The van der Waals surface area contributed by atoms with Gasteiger partial charge in [0.05, 0.1) is 17.5 Å². The molecule has 0 fully saturated rings. The summed E-state index contributed by atoms with van der Waals surface area (Å²) in [6.45, 7) is 8.40. The van der Waals surface area contributed by atoms with Gasteiger partial charge >= 0.3 is 0 Å². The molecule has 0 radical (unpaired) electrons. The number of aryl methyl sites for hydroxylation is 1. The van der Waals surface area contributed by atoms with Gasteiger partial charge < -0.3 is 4.74 Å². The summed E-state index contributed by atoms with van der Waals surface area (Å²) in [5.74, 6) is 0. The van der Waals surface area contributed by atoms with Crippen molar-refractivity contribution < 1.29 is 4.74 Å². The zero-order valence-electron chi connectivity index (χ0n) is 8.03. The SMILES string of the molecule is Cc1cn(COC(C)(C)C)nn1. The maximum Gasteiger partial charge on any atom is 0.141 e. The smallest absolute Gasteiger partial charge is 0.141 e.